The molecule has 0 saturated heterocycles. The van der Waals surface area contributed by atoms with Crippen LogP contribution in [0, 0.1) is 5.82 Å². The van der Waals surface area contributed by atoms with Crippen molar-refractivity contribution >= 4 is 17.4 Å². The summed E-state index contributed by atoms with van der Waals surface area (Å²) in [6.45, 7) is 0.952. The fourth-order valence-corrected chi connectivity index (χ4v) is 4.25. The number of anilines is 1. The van der Waals surface area contributed by atoms with Gasteiger partial charge in [0.05, 0.1) is 6.33 Å². The number of nitrogens with two attached hydrogens (primary N) is 1. The number of halogens is 1. The molecule has 0 amide bonds. The summed E-state index contributed by atoms with van der Waals surface area (Å²) < 4.78 is 15.2. The SMILES string of the molecule is Nc1ccc(CCCSC(CCc2ccc(F)cc2)Cn2ccnc2)cc1. The van der Waals surface area contributed by atoms with Crippen LogP contribution in [-0.4, -0.2) is 20.6 Å². The first kappa shape index (κ1) is 19.5. The van der Waals surface area contributed by atoms with Gasteiger partial charge in [0.2, 0.25) is 0 Å². The summed E-state index contributed by atoms with van der Waals surface area (Å²) in [7, 11) is 0. The van der Waals surface area contributed by atoms with Crippen molar-refractivity contribution in [2.75, 3.05) is 11.5 Å². The minimum absolute atomic E-state index is 0.175. The number of rotatable bonds is 10. The number of hydrogen-bond acceptors (Lipinski definition) is 3. The minimum atomic E-state index is -0.175. The average molecular weight is 384 g/mol. The Kier molecular flexibility index (Phi) is 7.34. The molecule has 0 aliphatic carbocycles. The molecule has 0 saturated carbocycles. The smallest absolute Gasteiger partial charge is 0.123 e. The van der Waals surface area contributed by atoms with Gasteiger partial charge in [0.15, 0.2) is 0 Å². The van der Waals surface area contributed by atoms with E-state index in [2.05, 4.69) is 21.7 Å². The second-order valence-electron chi connectivity index (χ2n) is 6.76. The molecular formula is C22H26FN3S. The third-order valence-corrected chi connectivity index (χ3v) is 5.97. The topological polar surface area (TPSA) is 43.8 Å². The summed E-state index contributed by atoms with van der Waals surface area (Å²) in [5.41, 5.74) is 9.08. The molecule has 1 unspecified atom stereocenters. The van der Waals surface area contributed by atoms with Gasteiger partial charge in [-0.05, 0) is 66.8 Å². The number of thioether (sulfide) groups is 1. The van der Waals surface area contributed by atoms with Gasteiger partial charge in [-0.25, -0.2) is 9.37 Å². The van der Waals surface area contributed by atoms with E-state index >= 15 is 0 Å². The van der Waals surface area contributed by atoms with Gasteiger partial charge in [-0.1, -0.05) is 24.3 Å². The number of benzene rings is 2. The minimum Gasteiger partial charge on any atom is -0.399 e. The fraction of sp³-hybridized carbons (Fsp3) is 0.318. The molecule has 142 valence electrons. The van der Waals surface area contributed by atoms with Gasteiger partial charge in [0, 0.05) is 29.9 Å². The van der Waals surface area contributed by atoms with E-state index in [0.29, 0.717) is 5.25 Å². The largest absolute Gasteiger partial charge is 0.399 e. The van der Waals surface area contributed by atoms with Gasteiger partial charge in [-0.2, -0.15) is 11.8 Å². The Morgan fingerprint density at radius 2 is 1.70 bits per heavy atom. The van der Waals surface area contributed by atoms with Crippen LogP contribution in [-0.2, 0) is 19.4 Å². The molecule has 0 radical (unpaired) electrons. The summed E-state index contributed by atoms with van der Waals surface area (Å²) in [5.74, 6) is 0.943. The molecule has 0 spiro atoms. The van der Waals surface area contributed by atoms with Crippen LogP contribution in [0.4, 0.5) is 10.1 Å². The quantitative estimate of drug-likeness (QED) is 0.397. The first-order chi connectivity index (χ1) is 13.2. The Morgan fingerprint density at radius 1 is 1.00 bits per heavy atom. The Balaban J connectivity index is 1.48. The number of aromatic nitrogens is 2. The third kappa shape index (κ3) is 6.75. The fourth-order valence-electron chi connectivity index (χ4n) is 3.05. The third-order valence-electron chi connectivity index (χ3n) is 4.58. The maximum Gasteiger partial charge on any atom is 0.123 e. The molecule has 0 bridgehead atoms. The zero-order chi connectivity index (χ0) is 18.9. The maximum atomic E-state index is 13.1. The Labute approximate surface area is 164 Å². The highest BCUT2D eigenvalue weighted by Gasteiger charge is 2.11. The van der Waals surface area contributed by atoms with E-state index in [1.165, 1.54) is 11.1 Å². The second-order valence-corrected chi connectivity index (χ2v) is 8.17. The van der Waals surface area contributed by atoms with Gasteiger partial charge in [-0.3, -0.25) is 0 Å². The van der Waals surface area contributed by atoms with E-state index in [-0.39, 0.29) is 5.82 Å². The van der Waals surface area contributed by atoms with E-state index in [1.807, 2.05) is 54.7 Å². The monoisotopic (exact) mass is 383 g/mol. The zero-order valence-corrected chi connectivity index (χ0v) is 16.2. The molecule has 1 aromatic heterocycles. The van der Waals surface area contributed by atoms with Gasteiger partial charge in [-0.15, -0.1) is 0 Å². The summed E-state index contributed by atoms with van der Waals surface area (Å²) in [6.07, 6.45) is 9.96. The Bertz CT molecular complexity index is 785. The van der Waals surface area contributed by atoms with E-state index in [4.69, 9.17) is 5.73 Å². The summed E-state index contributed by atoms with van der Waals surface area (Å²) >= 11 is 2.02. The van der Waals surface area contributed by atoms with Crippen LogP contribution in [0.3, 0.4) is 0 Å². The predicted molar refractivity (Wildman–Crippen MR) is 112 cm³/mol. The molecule has 3 rings (SSSR count). The second kappa shape index (κ2) is 10.2. The van der Waals surface area contributed by atoms with Crippen molar-refractivity contribution in [1.29, 1.82) is 0 Å². The van der Waals surface area contributed by atoms with Gasteiger partial charge in [0.25, 0.3) is 0 Å². The first-order valence-corrected chi connectivity index (χ1v) is 10.4. The number of aryl methyl sites for hydroxylation is 2. The highest BCUT2D eigenvalue weighted by atomic mass is 32.2. The lowest BCUT2D eigenvalue weighted by molar-refractivity contribution is 0.617. The van der Waals surface area contributed by atoms with E-state index < -0.39 is 0 Å². The Morgan fingerprint density at radius 3 is 2.41 bits per heavy atom. The van der Waals surface area contributed by atoms with E-state index in [0.717, 1.165) is 43.7 Å². The number of imidazole rings is 1. The average Bonchev–Trinajstić information content (AvgIpc) is 3.19. The molecule has 3 aromatic rings. The standard InChI is InChI=1S/C22H26FN3S/c23-20-8-3-19(4-9-20)7-12-22(16-26-14-13-25-17-26)27-15-1-2-18-5-10-21(24)11-6-18/h3-6,8-11,13-14,17,22H,1-2,7,12,15-16,24H2. The molecule has 0 aliphatic rings. The van der Waals surface area contributed by atoms with Gasteiger partial charge in [0.1, 0.15) is 5.82 Å². The molecule has 1 atom stereocenters. The van der Waals surface area contributed by atoms with Gasteiger partial charge >= 0.3 is 0 Å². The lowest BCUT2D eigenvalue weighted by Gasteiger charge is -2.17. The predicted octanol–water partition coefficient (Wildman–Crippen LogP) is 4.97. The van der Waals surface area contributed by atoms with Crippen LogP contribution in [0.2, 0.25) is 0 Å². The van der Waals surface area contributed by atoms with Crippen LogP contribution in [0.1, 0.15) is 24.0 Å². The molecule has 27 heavy (non-hydrogen) atoms. The normalized spacial score (nSPS) is 12.2. The highest BCUT2D eigenvalue weighted by molar-refractivity contribution is 7.99. The molecule has 0 aliphatic heterocycles. The number of nitrogen functional groups attached to an aromatic ring is 1. The number of hydrogen-bond donors (Lipinski definition) is 1. The highest BCUT2D eigenvalue weighted by Crippen LogP contribution is 2.21. The summed E-state index contributed by atoms with van der Waals surface area (Å²) in [5, 5.41) is 0.510. The molecule has 2 N–H and O–H groups in total. The lowest BCUT2D eigenvalue weighted by Crippen LogP contribution is -2.14. The van der Waals surface area contributed by atoms with Crippen LogP contribution >= 0.6 is 11.8 Å². The van der Waals surface area contributed by atoms with Crippen molar-refractivity contribution in [1.82, 2.24) is 9.55 Å². The van der Waals surface area contributed by atoms with Crippen LogP contribution < -0.4 is 5.73 Å². The summed E-state index contributed by atoms with van der Waals surface area (Å²) in [6, 6.07) is 15.0. The van der Waals surface area contributed by atoms with Crippen molar-refractivity contribution in [3.8, 4) is 0 Å². The lowest BCUT2D eigenvalue weighted by atomic mass is 10.1. The molecule has 3 nitrogen and oxygen atoms in total. The van der Waals surface area contributed by atoms with Crippen LogP contribution in [0.25, 0.3) is 0 Å². The summed E-state index contributed by atoms with van der Waals surface area (Å²) in [4.78, 5) is 4.15. The van der Waals surface area contributed by atoms with Crippen molar-refractivity contribution in [3.05, 3.63) is 84.2 Å². The van der Waals surface area contributed by atoms with Crippen LogP contribution in [0.15, 0.2) is 67.3 Å². The van der Waals surface area contributed by atoms with Crippen molar-refractivity contribution in [2.24, 2.45) is 0 Å². The van der Waals surface area contributed by atoms with E-state index in [1.54, 1.807) is 12.1 Å². The Hall–Kier alpha value is -2.27. The molecule has 5 heteroatoms. The maximum absolute atomic E-state index is 13.1. The van der Waals surface area contributed by atoms with E-state index in [9.17, 15) is 4.39 Å². The molecule has 0 fully saturated rings. The van der Waals surface area contributed by atoms with Crippen molar-refractivity contribution in [2.45, 2.75) is 37.5 Å². The first-order valence-electron chi connectivity index (χ1n) is 9.35. The van der Waals surface area contributed by atoms with Gasteiger partial charge < -0.3 is 10.3 Å². The molecule has 2 aromatic carbocycles. The van der Waals surface area contributed by atoms with Crippen molar-refractivity contribution < 1.29 is 4.39 Å². The number of nitrogens with zero attached hydrogens (tertiary/aromatic N) is 2. The zero-order valence-electron chi connectivity index (χ0n) is 15.4. The van der Waals surface area contributed by atoms with Crippen LogP contribution in [0.5, 0.6) is 0 Å². The molecular weight excluding hydrogens is 357 g/mol. The molecule has 1 heterocycles. The van der Waals surface area contributed by atoms with Crippen molar-refractivity contribution in [3.63, 3.8) is 0 Å².